The van der Waals surface area contributed by atoms with E-state index in [4.69, 9.17) is 5.73 Å². The molecule has 3 N–H and O–H groups in total. The minimum absolute atomic E-state index is 0.0626. The minimum atomic E-state index is -0.409. The van der Waals surface area contributed by atoms with Gasteiger partial charge in [-0.1, -0.05) is 0 Å². The Kier molecular flexibility index (Phi) is 3.89. The van der Waals surface area contributed by atoms with Crippen molar-refractivity contribution in [3.05, 3.63) is 24.0 Å². The van der Waals surface area contributed by atoms with Gasteiger partial charge in [0.2, 0.25) is 11.8 Å². The van der Waals surface area contributed by atoms with Crippen LogP contribution in [-0.2, 0) is 20.8 Å². The summed E-state index contributed by atoms with van der Waals surface area (Å²) in [4.78, 5) is 38.3. The SMILES string of the molecule is Nc1cnccc1CC(=O)CC1CCC(=O)NC1=O. The number of hydrogen-bond donors (Lipinski definition) is 2. The lowest BCUT2D eigenvalue weighted by Gasteiger charge is -2.20. The molecule has 1 saturated heterocycles. The topological polar surface area (TPSA) is 102 Å². The molecule has 1 atom stereocenters. The van der Waals surface area contributed by atoms with Gasteiger partial charge in [0.25, 0.3) is 0 Å². The summed E-state index contributed by atoms with van der Waals surface area (Å²) < 4.78 is 0. The Morgan fingerprint density at radius 2 is 2.26 bits per heavy atom. The van der Waals surface area contributed by atoms with Crippen LogP contribution in [-0.4, -0.2) is 22.6 Å². The number of Topliss-reactive ketones (excluding diaryl/α,β-unsaturated/α-hetero) is 1. The Hall–Kier alpha value is -2.24. The smallest absolute Gasteiger partial charge is 0.230 e. The molecular formula is C13H15N3O3. The summed E-state index contributed by atoms with van der Waals surface area (Å²) in [5.41, 5.74) is 6.90. The number of amides is 2. The third-order valence-corrected chi connectivity index (χ3v) is 3.16. The van der Waals surface area contributed by atoms with E-state index in [-0.39, 0.29) is 30.4 Å². The fourth-order valence-electron chi connectivity index (χ4n) is 2.09. The number of nitrogen functional groups attached to an aromatic ring is 1. The monoisotopic (exact) mass is 261 g/mol. The lowest BCUT2D eigenvalue weighted by molar-refractivity contribution is -0.138. The van der Waals surface area contributed by atoms with Crippen molar-refractivity contribution in [1.82, 2.24) is 10.3 Å². The number of piperidine rings is 1. The summed E-state index contributed by atoms with van der Waals surface area (Å²) in [6, 6.07) is 1.69. The molecule has 1 fully saturated rings. The van der Waals surface area contributed by atoms with Crippen LogP contribution in [0.25, 0.3) is 0 Å². The first-order chi connectivity index (χ1) is 9.06. The van der Waals surface area contributed by atoms with E-state index in [0.717, 1.165) is 0 Å². The van der Waals surface area contributed by atoms with Gasteiger partial charge in [-0.05, 0) is 18.1 Å². The van der Waals surface area contributed by atoms with E-state index < -0.39 is 5.92 Å². The van der Waals surface area contributed by atoms with Crippen LogP contribution in [0.3, 0.4) is 0 Å². The lowest BCUT2D eigenvalue weighted by Crippen LogP contribution is -2.41. The molecule has 0 saturated carbocycles. The molecule has 1 aromatic heterocycles. The molecule has 0 radical (unpaired) electrons. The number of carbonyl (C=O) groups excluding carboxylic acids is 3. The van der Waals surface area contributed by atoms with Crippen molar-refractivity contribution in [2.45, 2.75) is 25.7 Å². The molecule has 1 aromatic rings. The quantitative estimate of drug-likeness (QED) is 0.755. The first-order valence-electron chi connectivity index (χ1n) is 6.10. The van der Waals surface area contributed by atoms with Gasteiger partial charge in [-0.3, -0.25) is 24.7 Å². The molecule has 0 bridgehead atoms. The molecule has 6 nitrogen and oxygen atoms in total. The van der Waals surface area contributed by atoms with E-state index in [1.165, 1.54) is 6.20 Å². The summed E-state index contributed by atoms with van der Waals surface area (Å²) >= 11 is 0. The molecule has 100 valence electrons. The largest absolute Gasteiger partial charge is 0.397 e. The highest BCUT2D eigenvalue weighted by Gasteiger charge is 2.28. The second-order valence-electron chi connectivity index (χ2n) is 4.64. The van der Waals surface area contributed by atoms with Gasteiger partial charge in [-0.25, -0.2) is 0 Å². The van der Waals surface area contributed by atoms with Crippen LogP contribution in [0.5, 0.6) is 0 Å². The van der Waals surface area contributed by atoms with Gasteiger partial charge in [0, 0.05) is 31.4 Å². The number of hydrogen-bond acceptors (Lipinski definition) is 5. The second-order valence-corrected chi connectivity index (χ2v) is 4.64. The maximum Gasteiger partial charge on any atom is 0.230 e. The number of imide groups is 1. The van der Waals surface area contributed by atoms with E-state index in [1.54, 1.807) is 12.3 Å². The van der Waals surface area contributed by atoms with Crippen molar-refractivity contribution in [2.24, 2.45) is 5.92 Å². The van der Waals surface area contributed by atoms with Crippen molar-refractivity contribution < 1.29 is 14.4 Å². The normalized spacial score (nSPS) is 19.1. The third kappa shape index (κ3) is 3.37. The van der Waals surface area contributed by atoms with Gasteiger partial charge in [-0.2, -0.15) is 0 Å². The molecule has 0 spiro atoms. The van der Waals surface area contributed by atoms with Gasteiger partial charge in [0.15, 0.2) is 0 Å². The second kappa shape index (κ2) is 5.60. The maximum absolute atomic E-state index is 11.9. The van der Waals surface area contributed by atoms with Crippen LogP contribution in [0.1, 0.15) is 24.8 Å². The van der Waals surface area contributed by atoms with Gasteiger partial charge >= 0.3 is 0 Å². The number of pyridine rings is 1. The van der Waals surface area contributed by atoms with E-state index >= 15 is 0 Å². The molecular weight excluding hydrogens is 246 g/mol. The summed E-state index contributed by atoms with van der Waals surface area (Å²) in [6.45, 7) is 0. The van der Waals surface area contributed by atoms with E-state index in [9.17, 15) is 14.4 Å². The van der Waals surface area contributed by atoms with E-state index in [0.29, 0.717) is 24.1 Å². The average molecular weight is 261 g/mol. The van der Waals surface area contributed by atoms with Crippen molar-refractivity contribution >= 4 is 23.3 Å². The summed E-state index contributed by atoms with van der Waals surface area (Å²) in [7, 11) is 0. The number of nitrogens with two attached hydrogens (primary N) is 1. The standard InChI is InChI=1S/C13H15N3O3/c14-11-7-15-4-3-8(11)5-10(17)6-9-1-2-12(18)16-13(9)19/h3-4,7,9H,1-2,5-6,14H2,(H,16,18,19). The van der Waals surface area contributed by atoms with Gasteiger partial charge < -0.3 is 5.73 Å². The molecule has 2 amide bonds. The predicted octanol–water partition coefficient (Wildman–Crippen LogP) is 0.218. The lowest BCUT2D eigenvalue weighted by atomic mass is 9.91. The Balaban J connectivity index is 1.93. The van der Waals surface area contributed by atoms with Crippen molar-refractivity contribution in [1.29, 1.82) is 0 Å². The zero-order valence-electron chi connectivity index (χ0n) is 10.4. The van der Waals surface area contributed by atoms with Crippen LogP contribution in [0.2, 0.25) is 0 Å². The minimum Gasteiger partial charge on any atom is -0.397 e. The Bertz CT molecular complexity index is 528. The van der Waals surface area contributed by atoms with Crippen molar-refractivity contribution in [3.8, 4) is 0 Å². The van der Waals surface area contributed by atoms with Gasteiger partial charge in [-0.15, -0.1) is 0 Å². The molecule has 1 unspecified atom stereocenters. The van der Waals surface area contributed by atoms with Gasteiger partial charge in [0.05, 0.1) is 11.9 Å². The zero-order valence-corrected chi connectivity index (χ0v) is 10.4. The highest BCUT2D eigenvalue weighted by atomic mass is 16.2. The van der Waals surface area contributed by atoms with Crippen LogP contribution in [0.4, 0.5) is 5.69 Å². The summed E-state index contributed by atoms with van der Waals surface area (Å²) in [5.74, 6) is -1.10. The molecule has 0 aromatic carbocycles. The molecule has 1 aliphatic rings. The Morgan fingerprint density at radius 1 is 1.47 bits per heavy atom. The van der Waals surface area contributed by atoms with Crippen molar-refractivity contribution in [3.63, 3.8) is 0 Å². The first-order valence-corrected chi connectivity index (χ1v) is 6.10. The van der Waals surface area contributed by atoms with Crippen LogP contribution >= 0.6 is 0 Å². The zero-order chi connectivity index (χ0) is 13.8. The maximum atomic E-state index is 11.9. The van der Waals surface area contributed by atoms with Crippen molar-refractivity contribution in [2.75, 3.05) is 5.73 Å². The van der Waals surface area contributed by atoms with Crippen LogP contribution in [0.15, 0.2) is 18.5 Å². The van der Waals surface area contributed by atoms with E-state index in [1.807, 2.05) is 0 Å². The molecule has 2 heterocycles. The Morgan fingerprint density at radius 3 is 2.95 bits per heavy atom. The fraction of sp³-hybridized carbons (Fsp3) is 0.385. The number of anilines is 1. The molecule has 6 heteroatoms. The predicted molar refractivity (Wildman–Crippen MR) is 67.9 cm³/mol. The first kappa shape index (κ1) is 13.2. The van der Waals surface area contributed by atoms with Crippen LogP contribution < -0.4 is 11.1 Å². The molecule has 19 heavy (non-hydrogen) atoms. The highest BCUT2D eigenvalue weighted by molar-refractivity contribution is 6.00. The molecule has 0 aliphatic carbocycles. The Labute approximate surface area is 110 Å². The van der Waals surface area contributed by atoms with E-state index in [2.05, 4.69) is 10.3 Å². The fourth-order valence-corrected chi connectivity index (χ4v) is 2.09. The average Bonchev–Trinajstić information content (AvgIpc) is 2.36. The molecule has 2 rings (SSSR count). The van der Waals surface area contributed by atoms with Gasteiger partial charge in [0.1, 0.15) is 5.78 Å². The van der Waals surface area contributed by atoms with Crippen LogP contribution in [0, 0.1) is 5.92 Å². The molecule has 1 aliphatic heterocycles. The summed E-state index contributed by atoms with van der Waals surface area (Å²) in [5, 5.41) is 2.25. The number of rotatable bonds is 4. The summed E-state index contributed by atoms with van der Waals surface area (Å²) in [6.07, 6.45) is 4.12. The number of carbonyl (C=O) groups is 3. The third-order valence-electron chi connectivity index (χ3n) is 3.16. The highest BCUT2D eigenvalue weighted by Crippen LogP contribution is 2.18. The number of nitrogens with zero attached hydrogens (tertiary/aromatic N) is 1. The number of aromatic nitrogens is 1. The number of nitrogens with one attached hydrogen (secondary N) is 1. The number of ketones is 1.